The molecule has 2 rings (SSSR count). The first-order valence-electron chi connectivity index (χ1n) is 7.26. The van der Waals surface area contributed by atoms with E-state index in [0.717, 1.165) is 23.6 Å². The van der Waals surface area contributed by atoms with Crippen LogP contribution in [0.15, 0.2) is 30.5 Å². The second-order valence-electron chi connectivity index (χ2n) is 6.19. The number of rotatable bonds is 6. The van der Waals surface area contributed by atoms with E-state index >= 15 is 0 Å². The first-order valence-corrected chi connectivity index (χ1v) is 7.26. The van der Waals surface area contributed by atoms with Gasteiger partial charge in [-0.3, -0.25) is 0 Å². The van der Waals surface area contributed by atoms with Crippen molar-refractivity contribution in [3.63, 3.8) is 0 Å². The Balaban J connectivity index is 1.79. The van der Waals surface area contributed by atoms with Crippen molar-refractivity contribution in [1.29, 1.82) is 0 Å². The van der Waals surface area contributed by atoms with Crippen molar-refractivity contribution in [2.45, 2.75) is 46.3 Å². The van der Waals surface area contributed by atoms with Crippen molar-refractivity contribution in [2.75, 3.05) is 6.61 Å². The molecule has 1 aromatic heterocycles. The third-order valence-corrected chi connectivity index (χ3v) is 3.06. The van der Waals surface area contributed by atoms with E-state index < -0.39 is 0 Å². The van der Waals surface area contributed by atoms with Gasteiger partial charge in [-0.2, -0.15) is 0 Å². The highest BCUT2D eigenvalue weighted by Crippen LogP contribution is 2.15. The number of nitrogens with zero attached hydrogens (tertiary/aromatic N) is 3. The molecular formula is C16H24N4O. The maximum atomic E-state index is 5.76. The van der Waals surface area contributed by atoms with Gasteiger partial charge in [-0.25, -0.2) is 4.68 Å². The first-order chi connectivity index (χ1) is 9.94. The SMILES string of the molecule is Cc1ccccc1OCCn1cc(CNC(C)(C)C)nn1. The molecule has 1 heterocycles. The van der Waals surface area contributed by atoms with Crippen molar-refractivity contribution in [3.8, 4) is 5.75 Å². The zero-order chi connectivity index (χ0) is 15.3. The van der Waals surface area contributed by atoms with Gasteiger partial charge in [-0.15, -0.1) is 5.10 Å². The Morgan fingerprint density at radius 2 is 2.00 bits per heavy atom. The predicted molar refractivity (Wildman–Crippen MR) is 83.3 cm³/mol. The van der Waals surface area contributed by atoms with E-state index in [4.69, 9.17) is 4.74 Å². The summed E-state index contributed by atoms with van der Waals surface area (Å²) in [5, 5.41) is 11.7. The number of benzene rings is 1. The molecule has 0 aliphatic carbocycles. The topological polar surface area (TPSA) is 52.0 Å². The predicted octanol–water partition coefficient (Wildman–Crippen LogP) is 2.55. The normalized spacial score (nSPS) is 11.6. The van der Waals surface area contributed by atoms with Gasteiger partial charge < -0.3 is 10.1 Å². The monoisotopic (exact) mass is 288 g/mol. The fourth-order valence-corrected chi connectivity index (χ4v) is 1.85. The minimum atomic E-state index is 0.0811. The summed E-state index contributed by atoms with van der Waals surface area (Å²) in [5.74, 6) is 0.923. The van der Waals surface area contributed by atoms with Crippen LogP contribution in [0.4, 0.5) is 0 Å². The van der Waals surface area contributed by atoms with Crippen LogP contribution in [0.5, 0.6) is 5.75 Å². The first kappa shape index (κ1) is 15.5. The highest BCUT2D eigenvalue weighted by molar-refractivity contribution is 5.31. The summed E-state index contributed by atoms with van der Waals surface area (Å²) < 4.78 is 7.58. The number of hydrogen-bond donors (Lipinski definition) is 1. The van der Waals surface area contributed by atoms with E-state index in [-0.39, 0.29) is 5.54 Å². The summed E-state index contributed by atoms with van der Waals surface area (Å²) >= 11 is 0. The fraction of sp³-hybridized carbons (Fsp3) is 0.500. The number of ether oxygens (including phenoxy) is 1. The highest BCUT2D eigenvalue weighted by Gasteiger charge is 2.10. The Labute approximate surface area is 126 Å². The van der Waals surface area contributed by atoms with E-state index in [1.54, 1.807) is 0 Å². The number of para-hydroxylation sites is 1. The van der Waals surface area contributed by atoms with Crippen LogP contribution >= 0.6 is 0 Å². The lowest BCUT2D eigenvalue weighted by atomic mass is 10.1. The van der Waals surface area contributed by atoms with Crippen molar-refractivity contribution in [1.82, 2.24) is 20.3 Å². The van der Waals surface area contributed by atoms with E-state index in [2.05, 4.69) is 36.4 Å². The van der Waals surface area contributed by atoms with Crippen LogP contribution in [0.3, 0.4) is 0 Å². The standard InChI is InChI=1S/C16H24N4O/c1-13-7-5-6-8-15(13)21-10-9-20-12-14(18-19-20)11-17-16(2,3)4/h5-8,12,17H,9-11H2,1-4H3. The fourth-order valence-electron chi connectivity index (χ4n) is 1.85. The number of hydrogen-bond acceptors (Lipinski definition) is 4. The molecule has 5 heteroatoms. The molecular weight excluding hydrogens is 264 g/mol. The minimum absolute atomic E-state index is 0.0811. The molecule has 0 saturated heterocycles. The van der Waals surface area contributed by atoms with Gasteiger partial charge in [-0.05, 0) is 39.3 Å². The van der Waals surface area contributed by atoms with Gasteiger partial charge in [-0.1, -0.05) is 23.4 Å². The molecule has 0 unspecified atom stereocenters. The van der Waals surface area contributed by atoms with Crippen LogP contribution < -0.4 is 10.1 Å². The smallest absolute Gasteiger partial charge is 0.122 e. The molecule has 0 atom stereocenters. The Kier molecular flexibility index (Phi) is 4.96. The molecule has 5 nitrogen and oxygen atoms in total. The van der Waals surface area contributed by atoms with Gasteiger partial charge in [0.05, 0.1) is 12.2 Å². The molecule has 1 aromatic carbocycles. The lowest BCUT2D eigenvalue weighted by Gasteiger charge is -2.19. The third-order valence-electron chi connectivity index (χ3n) is 3.06. The van der Waals surface area contributed by atoms with Gasteiger partial charge in [0.1, 0.15) is 12.4 Å². The zero-order valence-corrected chi connectivity index (χ0v) is 13.3. The van der Waals surface area contributed by atoms with Crippen LogP contribution in [0.2, 0.25) is 0 Å². The quantitative estimate of drug-likeness (QED) is 0.887. The van der Waals surface area contributed by atoms with E-state index in [9.17, 15) is 0 Å². The van der Waals surface area contributed by atoms with Crippen molar-refractivity contribution in [3.05, 3.63) is 41.7 Å². The summed E-state index contributed by atoms with van der Waals surface area (Å²) in [6.07, 6.45) is 1.96. The van der Waals surface area contributed by atoms with Gasteiger partial charge >= 0.3 is 0 Å². The van der Waals surface area contributed by atoms with Gasteiger partial charge in [0.25, 0.3) is 0 Å². The molecule has 1 N–H and O–H groups in total. The van der Waals surface area contributed by atoms with Crippen LogP contribution in [-0.2, 0) is 13.1 Å². The zero-order valence-electron chi connectivity index (χ0n) is 13.3. The summed E-state index contributed by atoms with van der Waals surface area (Å²) in [4.78, 5) is 0. The van der Waals surface area contributed by atoms with Crippen LogP contribution in [-0.4, -0.2) is 27.1 Å². The Morgan fingerprint density at radius 1 is 1.24 bits per heavy atom. The molecule has 0 aliphatic rings. The van der Waals surface area contributed by atoms with Crippen molar-refractivity contribution >= 4 is 0 Å². The van der Waals surface area contributed by atoms with Crippen molar-refractivity contribution < 1.29 is 4.74 Å². The average Bonchev–Trinajstić information content (AvgIpc) is 2.86. The summed E-state index contributed by atoms with van der Waals surface area (Å²) in [5.41, 5.74) is 2.17. The second-order valence-corrected chi connectivity index (χ2v) is 6.19. The summed E-state index contributed by atoms with van der Waals surface area (Å²) in [6, 6.07) is 8.01. The average molecular weight is 288 g/mol. The molecule has 0 saturated carbocycles. The molecule has 0 fully saturated rings. The molecule has 0 spiro atoms. The Morgan fingerprint density at radius 3 is 2.71 bits per heavy atom. The van der Waals surface area contributed by atoms with Gasteiger partial charge in [0.15, 0.2) is 0 Å². The molecule has 114 valence electrons. The summed E-state index contributed by atoms with van der Waals surface area (Å²) in [6.45, 7) is 10.4. The van der Waals surface area contributed by atoms with Crippen LogP contribution in [0.1, 0.15) is 32.0 Å². The third kappa shape index (κ3) is 5.19. The molecule has 0 bridgehead atoms. The Bertz CT molecular complexity index is 572. The van der Waals surface area contributed by atoms with Crippen LogP contribution in [0, 0.1) is 6.92 Å². The van der Waals surface area contributed by atoms with Crippen molar-refractivity contribution in [2.24, 2.45) is 0 Å². The van der Waals surface area contributed by atoms with Gasteiger partial charge in [0, 0.05) is 18.3 Å². The minimum Gasteiger partial charge on any atom is -0.491 e. The number of aryl methyl sites for hydroxylation is 1. The largest absolute Gasteiger partial charge is 0.491 e. The Hall–Kier alpha value is -1.88. The molecule has 0 aliphatic heterocycles. The molecule has 2 aromatic rings. The number of nitrogens with one attached hydrogen (secondary N) is 1. The number of aromatic nitrogens is 3. The lowest BCUT2D eigenvalue weighted by Crippen LogP contribution is -2.35. The lowest BCUT2D eigenvalue weighted by molar-refractivity contribution is 0.288. The molecule has 0 radical (unpaired) electrons. The summed E-state index contributed by atoms with van der Waals surface area (Å²) in [7, 11) is 0. The maximum absolute atomic E-state index is 5.76. The molecule has 0 amide bonds. The van der Waals surface area contributed by atoms with Gasteiger partial charge in [0.2, 0.25) is 0 Å². The maximum Gasteiger partial charge on any atom is 0.122 e. The van der Waals surface area contributed by atoms with E-state index in [0.29, 0.717) is 13.2 Å². The van der Waals surface area contributed by atoms with E-state index in [1.165, 1.54) is 0 Å². The second kappa shape index (κ2) is 6.72. The van der Waals surface area contributed by atoms with Crippen LogP contribution in [0.25, 0.3) is 0 Å². The molecule has 21 heavy (non-hydrogen) atoms. The highest BCUT2D eigenvalue weighted by atomic mass is 16.5. The van der Waals surface area contributed by atoms with E-state index in [1.807, 2.05) is 42.1 Å².